The van der Waals surface area contributed by atoms with Crippen LogP contribution in [0.4, 0.5) is 0 Å². The summed E-state index contributed by atoms with van der Waals surface area (Å²) in [6.07, 6.45) is 0. The van der Waals surface area contributed by atoms with Crippen LogP contribution in [0, 0.1) is 0 Å². The van der Waals surface area contributed by atoms with Gasteiger partial charge in [-0.2, -0.15) is 0 Å². The van der Waals surface area contributed by atoms with Gasteiger partial charge in [0.05, 0.1) is 12.7 Å². The molecule has 6 heteroatoms. The Kier molecular flexibility index (Phi) is 6.63. The highest BCUT2D eigenvalue weighted by molar-refractivity contribution is 6.30. The topological polar surface area (TPSA) is 62.7 Å². The average Bonchev–Trinajstić information content (AvgIpc) is 2.63. The maximum atomic E-state index is 11.4. The molecule has 0 aliphatic heterocycles. The summed E-state index contributed by atoms with van der Waals surface area (Å²) in [6, 6.07) is 14.9. The molecule has 0 aliphatic carbocycles. The first-order valence-corrected chi connectivity index (χ1v) is 7.86. The second kappa shape index (κ2) is 8.93. The van der Waals surface area contributed by atoms with Crippen LogP contribution in [0.15, 0.2) is 53.5 Å². The van der Waals surface area contributed by atoms with Crippen LogP contribution in [0.5, 0.6) is 0 Å². The van der Waals surface area contributed by atoms with E-state index in [4.69, 9.17) is 11.6 Å². The smallest absolute Gasteiger partial charge is 0.337 e. The Bertz CT molecular complexity index is 697. The second-order valence-electron chi connectivity index (χ2n) is 5.09. The Morgan fingerprint density at radius 1 is 1.00 bits per heavy atom. The van der Waals surface area contributed by atoms with Gasteiger partial charge in [-0.1, -0.05) is 35.9 Å². The fraction of sp³-hybridized carbons (Fsp3) is 0.222. The van der Waals surface area contributed by atoms with Gasteiger partial charge in [-0.25, -0.2) is 4.79 Å². The number of carbonyl (C=O) groups excluding carboxylic acids is 1. The molecule has 5 nitrogen and oxygen atoms in total. The fourth-order valence-corrected chi connectivity index (χ4v) is 2.20. The number of esters is 1. The van der Waals surface area contributed by atoms with Crippen molar-refractivity contribution in [2.75, 3.05) is 14.2 Å². The molecule has 0 saturated carbocycles. The van der Waals surface area contributed by atoms with Crippen LogP contribution in [0.1, 0.15) is 21.5 Å². The standard InChI is InChI=1S/C18H20ClN3O2/c1-20-18(22-12-14-5-9-16(19)10-6-14)21-11-13-3-7-15(8-4-13)17(23)24-2/h3-10H,11-12H2,1-2H3,(H2,20,21,22). The van der Waals surface area contributed by atoms with Gasteiger partial charge in [0, 0.05) is 25.2 Å². The van der Waals surface area contributed by atoms with Crippen LogP contribution >= 0.6 is 11.6 Å². The third-order valence-corrected chi connectivity index (χ3v) is 3.68. The predicted octanol–water partition coefficient (Wildman–Crippen LogP) is 2.99. The molecule has 24 heavy (non-hydrogen) atoms. The van der Waals surface area contributed by atoms with E-state index < -0.39 is 0 Å². The number of hydrogen-bond acceptors (Lipinski definition) is 3. The third kappa shape index (κ3) is 5.28. The molecule has 0 aliphatic rings. The van der Waals surface area contributed by atoms with Gasteiger partial charge < -0.3 is 15.4 Å². The van der Waals surface area contributed by atoms with E-state index in [2.05, 4.69) is 20.4 Å². The Morgan fingerprint density at radius 3 is 1.96 bits per heavy atom. The summed E-state index contributed by atoms with van der Waals surface area (Å²) in [6.45, 7) is 1.25. The SMILES string of the molecule is CN=C(NCc1ccc(Cl)cc1)NCc1ccc(C(=O)OC)cc1. The van der Waals surface area contributed by atoms with Crippen molar-refractivity contribution in [1.29, 1.82) is 0 Å². The number of aliphatic imine (C=N–C) groups is 1. The molecule has 2 N–H and O–H groups in total. The first kappa shape index (κ1) is 17.8. The zero-order valence-corrected chi connectivity index (χ0v) is 14.4. The Hall–Kier alpha value is -2.53. The molecular formula is C18H20ClN3O2. The van der Waals surface area contributed by atoms with Gasteiger partial charge in [0.2, 0.25) is 0 Å². The third-order valence-electron chi connectivity index (χ3n) is 3.43. The minimum absolute atomic E-state index is 0.338. The van der Waals surface area contributed by atoms with Gasteiger partial charge in [0.15, 0.2) is 5.96 Å². The molecule has 0 aromatic heterocycles. The number of ether oxygens (including phenoxy) is 1. The summed E-state index contributed by atoms with van der Waals surface area (Å²) in [5.74, 6) is 0.358. The van der Waals surface area contributed by atoms with Crippen molar-refractivity contribution < 1.29 is 9.53 Å². The van der Waals surface area contributed by atoms with Gasteiger partial charge in [0.1, 0.15) is 0 Å². The van der Waals surface area contributed by atoms with E-state index in [0.29, 0.717) is 24.6 Å². The van der Waals surface area contributed by atoms with Crippen molar-refractivity contribution in [2.24, 2.45) is 4.99 Å². The first-order chi connectivity index (χ1) is 11.6. The van der Waals surface area contributed by atoms with Crippen molar-refractivity contribution in [2.45, 2.75) is 13.1 Å². The van der Waals surface area contributed by atoms with E-state index in [1.54, 1.807) is 19.2 Å². The largest absolute Gasteiger partial charge is 0.465 e. The highest BCUT2D eigenvalue weighted by atomic mass is 35.5. The molecule has 0 amide bonds. The van der Waals surface area contributed by atoms with E-state index in [0.717, 1.165) is 16.1 Å². The number of rotatable bonds is 5. The van der Waals surface area contributed by atoms with Crippen LogP contribution in [-0.4, -0.2) is 26.1 Å². The number of benzene rings is 2. The molecule has 0 unspecified atom stereocenters. The van der Waals surface area contributed by atoms with E-state index in [9.17, 15) is 4.79 Å². The summed E-state index contributed by atoms with van der Waals surface area (Å²) in [5.41, 5.74) is 2.69. The summed E-state index contributed by atoms with van der Waals surface area (Å²) >= 11 is 5.87. The highest BCUT2D eigenvalue weighted by Gasteiger charge is 2.05. The highest BCUT2D eigenvalue weighted by Crippen LogP contribution is 2.09. The van der Waals surface area contributed by atoms with Crippen LogP contribution in [-0.2, 0) is 17.8 Å². The van der Waals surface area contributed by atoms with Crippen molar-refractivity contribution in [3.05, 3.63) is 70.2 Å². The number of guanidine groups is 1. The molecule has 0 fully saturated rings. The fourth-order valence-electron chi connectivity index (χ4n) is 2.07. The monoisotopic (exact) mass is 345 g/mol. The summed E-state index contributed by atoms with van der Waals surface area (Å²) < 4.78 is 4.68. The second-order valence-corrected chi connectivity index (χ2v) is 5.53. The molecular weight excluding hydrogens is 326 g/mol. The maximum absolute atomic E-state index is 11.4. The van der Waals surface area contributed by atoms with Crippen molar-refractivity contribution in [3.8, 4) is 0 Å². The number of nitrogens with one attached hydrogen (secondary N) is 2. The van der Waals surface area contributed by atoms with Crippen molar-refractivity contribution >= 4 is 23.5 Å². The van der Waals surface area contributed by atoms with Gasteiger partial charge in [-0.3, -0.25) is 4.99 Å². The van der Waals surface area contributed by atoms with E-state index in [1.165, 1.54) is 7.11 Å². The molecule has 0 saturated heterocycles. The molecule has 2 rings (SSSR count). The number of nitrogens with zero attached hydrogens (tertiary/aromatic N) is 1. The molecule has 2 aromatic carbocycles. The van der Waals surface area contributed by atoms with Crippen molar-refractivity contribution in [3.63, 3.8) is 0 Å². The molecule has 0 spiro atoms. The normalized spacial score (nSPS) is 11.0. The molecule has 126 valence electrons. The maximum Gasteiger partial charge on any atom is 0.337 e. The Morgan fingerprint density at radius 2 is 1.50 bits per heavy atom. The average molecular weight is 346 g/mol. The van der Waals surface area contributed by atoms with Crippen molar-refractivity contribution in [1.82, 2.24) is 10.6 Å². The molecule has 0 bridgehead atoms. The van der Waals surface area contributed by atoms with Gasteiger partial charge in [0.25, 0.3) is 0 Å². The van der Waals surface area contributed by atoms with E-state index in [1.807, 2.05) is 36.4 Å². The van der Waals surface area contributed by atoms with Gasteiger partial charge >= 0.3 is 5.97 Å². The molecule has 0 atom stereocenters. The molecule has 2 aromatic rings. The number of carbonyl (C=O) groups is 1. The molecule has 0 heterocycles. The minimum Gasteiger partial charge on any atom is -0.465 e. The Labute approximate surface area is 146 Å². The summed E-state index contributed by atoms with van der Waals surface area (Å²) in [7, 11) is 3.09. The van der Waals surface area contributed by atoms with E-state index >= 15 is 0 Å². The minimum atomic E-state index is -0.338. The lowest BCUT2D eigenvalue weighted by Crippen LogP contribution is -2.36. The van der Waals surface area contributed by atoms with Crippen LogP contribution < -0.4 is 10.6 Å². The van der Waals surface area contributed by atoms with E-state index in [-0.39, 0.29) is 5.97 Å². The van der Waals surface area contributed by atoms with Crippen LogP contribution in [0.2, 0.25) is 5.02 Å². The van der Waals surface area contributed by atoms with Gasteiger partial charge in [-0.05, 0) is 35.4 Å². The van der Waals surface area contributed by atoms with Gasteiger partial charge in [-0.15, -0.1) is 0 Å². The zero-order chi connectivity index (χ0) is 17.4. The lowest BCUT2D eigenvalue weighted by Gasteiger charge is -2.12. The summed E-state index contributed by atoms with van der Waals surface area (Å²) in [4.78, 5) is 15.6. The van der Waals surface area contributed by atoms with Crippen LogP contribution in [0.3, 0.4) is 0 Å². The number of hydrogen-bond donors (Lipinski definition) is 2. The Balaban J connectivity index is 1.85. The number of methoxy groups -OCH3 is 1. The predicted molar refractivity (Wildman–Crippen MR) is 96.3 cm³/mol. The first-order valence-electron chi connectivity index (χ1n) is 7.48. The van der Waals surface area contributed by atoms with Crippen LogP contribution in [0.25, 0.3) is 0 Å². The quantitative estimate of drug-likeness (QED) is 0.497. The molecule has 0 radical (unpaired) electrons. The zero-order valence-electron chi connectivity index (χ0n) is 13.7. The number of halogens is 1. The lowest BCUT2D eigenvalue weighted by atomic mass is 10.1. The summed E-state index contributed by atoms with van der Waals surface area (Å²) in [5, 5.41) is 7.18. The lowest BCUT2D eigenvalue weighted by molar-refractivity contribution is 0.0600.